The Hall–Kier alpha value is -5.11. The van der Waals surface area contributed by atoms with Crippen LogP contribution in [0.15, 0.2) is 24.3 Å². The molecule has 0 spiro atoms. The Kier molecular flexibility index (Phi) is 17.0. The van der Waals surface area contributed by atoms with Crippen LogP contribution in [0, 0.1) is 5.92 Å². The van der Waals surface area contributed by atoms with Crippen LogP contribution in [-0.4, -0.2) is 116 Å². The highest BCUT2D eigenvalue weighted by atomic mass is 31.2. The van der Waals surface area contributed by atoms with E-state index in [1.165, 1.54) is 43.0 Å². The van der Waals surface area contributed by atoms with Gasteiger partial charge in [0.1, 0.15) is 36.0 Å². The summed E-state index contributed by atoms with van der Waals surface area (Å²) in [6.07, 6.45) is -1.65. The van der Waals surface area contributed by atoms with Crippen molar-refractivity contribution in [2.24, 2.45) is 17.4 Å². The third-order valence-electron chi connectivity index (χ3n) is 8.22. The normalized spacial score (nSPS) is 16.9. The molecule has 1 saturated heterocycles. The highest BCUT2D eigenvalue weighted by molar-refractivity contribution is 7.46. The molecule has 0 saturated carbocycles. The average molecular weight is 785 g/mol. The van der Waals surface area contributed by atoms with Crippen LogP contribution in [0.4, 0.5) is 0 Å². The quantitative estimate of drug-likeness (QED) is 0.0576. The molecule has 22 heteroatoms. The summed E-state index contributed by atoms with van der Waals surface area (Å²) in [5.74, 6) is -6.85. The number of amides is 8. The van der Waals surface area contributed by atoms with Crippen LogP contribution in [0.25, 0.3) is 0 Å². The van der Waals surface area contributed by atoms with Crippen molar-refractivity contribution in [2.75, 3.05) is 13.1 Å². The Morgan fingerprint density at radius 2 is 1.50 bits per heavy atom. The molecule has 0 aromatic heterocycles. The van der Waals surface area contributed by atoms with E-state index in [0.29, 0.717) is 12.0 Å². The van der Waals surface area contributed by atoms with Gasteiger partial charge < -0.3 is 52.6 Å². The van der Waals surface area contributed by atoms with Gasteiger partial charge >= 0.3 is 7.82 Å². The van der Waals surface area contributed by atoms with E-state index in [4.69, 9.17) is 21.3 Å². The summed E-state index contributed by atoms with van der Waals surface area (Å²) >= 11 is 0. The molecule has 6 atom stereocenters. The van der Waals surface area contributed by atoms with Gasteiger partial charge in [0, 0.05) is 26.3 Å². The van der Waals surface area contributed by atoms with Crippen molar-refractivity contribution in [3.8, 4) is 5.75 Å². The number of nitrogens with zero attached hydrogens (tertiary/aromatic N) is 1. The maximum Gasteiger partial charge on any atom is 0.524 e. The maximum absolute atomic E-state index is 13.5. The molecule has 12 N–H and O–H groups in total. The average Bonchev–Trinajstić information content (AvgIpc) is 3.56. The fourth-order valence-corrected chi connectivity index (χ4v) is 5.93. The minimum atomic E-state index is -4.79. The van der Waals surface area contributed by atoms with Crippen molar-refractivity contribution >= 4 is 55.1 Å². The monoisotopic (exact) mass is 784 g/mol. The second-order valence-corrected chi connectivity index (χ2v) is 14.2. The lowest BCUT2D eigenvalue weighted by Crippen LogP contribution is -2.61. The number of rotatable bonds is 20. The second kappa shape index (κ2) is 20.4. The van der Waals surface area contributed by atoms with Crippen molar-refractivity contribution < 1.29 is 62.3 Å². The molecule has 0 radical (unpaired) electrons. The van der Waals surface area contributed by atoms with Gasteiger partial charge in [-0.15, -0.1) is 0 Å². The Morgan fingerprint density at radius 1 is 0.889 bits per heavy atom. The van der Waals surface area contributed by atoms with E-state index in [9.17, 15) is 48.0 Å². The largest absolute Gasteiger partial charge is 0.524 e. The summed E-state index contributed by atoms with van der Waals surface area (Å²) in [6, 6.07) is -1.06. The predicted octanol–water partition coefficient (Wildman–Crippen LogP) is -3.45. The van der Waals surface area contributed by atoms with Crippen molar-refractivity contribution in [2.45, 2.75) is 96.1 Å². The SMILES string of the molecule is CC(=O)N[C@@H](Cc1ccc(OP(=O)(O)O)cc1)C(=O)NCC(=O)N1CCC[C@H]1C(=O)N[C@@H](CCC(N)=O)C(=O)N[C@H](C(=O)NC(C(N)=O)C(C)C)C(C)O. The Morgan fingerprint density at radius 3 is 2.02 bits per heavy atom. The molecule has 1 aliphatic rings. The number of primary amides is 2. The van der Waals surface area contributed by atoms with Crippen LogP contribution in [0.5, 0.6) is 5.75 Å². The van der Waals surface area contributed by atoms with Gasteiger partial charge in [-0.1, -0.05) is 26.0 Å². The Bertz CT molecular complexity index is 1600. The first-order valence-electron chi connectivity index (χ1n) is 16.9. The van der Waals surface area contributed by atoms with E-state index in [1.807, 2.05) is 0 Å². The summed E-state index contributed by atoms with van der Waals surface area (Å²) < 4.78 is 15.6. The Labute approximate surface area is 310 Å². The zero-order chi connectivity index (χ0) is 40.9. The van der Waals surface area contributed by atoms with Gasteiger partial charge in [-0.2, -0.15) is 0 Å². The number of phosphoric acid groups is 1. The van der Waals surface area contributed by atoms with Gasteiger partial charge in [-0.25, -0.2) is 4.57 Å². The summed E-state index contributed by atoms with van der Waals surface area (Å²) in [6.45, 7) is 5.17. The van der Waals surface area contributed by atoms with E-state index >= 15 is 0 Å². The molecule has 1 aromatic rings. The standard InChI is InChI=1S/C32H49N8O13P/c1-16(2)26(28(34)45)38-32(49)27(17(3)41)39-30(47)21(11-12-24(33)43)37-31(48)23-6-5-13-40(23)25(44)15-35-29(46)22(36-18(4)42)14-19-7-9-20(10-8-19)53-54(50,51)52/h7-10,16-17,21-23,26-27,41H,5-6,11-15H2,1-4H3,(H2,33,43)(H2,34,45)(H,35,46)(H,36,42)(H,37,48)(H,38,49)(H,39,47)(H2,50,51,52)/t17?,21-,22-,23-,26?,27-/m0/s1. The smallest absolute Gasteiger partial charge is 0.404 e. The first kappa shape index (κ1) is 45.0. The number of likely N-dealkylation sites (tertiary alicyclic amines) is 1. The van der Waals surface area contributed by atoms with Crippen LogP contribution >= 0.6 is 7.82 Å². The summed E-state index contributed by atoms with van der Waals surface area (Å²) in [5, 5.41) is 22.4. The van der Waals surface area contributed by atoms with Crippen molar-refractivity contribution in [1.29, 1.82) is 0 Å². The Balaban J connectivity index is 2.13. The molecule has 1 aliphatic heterocycles. The number of phosphoric ester groups is 1. The number of hydrogen-bond donors (Lipinski definition) is 10. The van der Waals surface area contributed by atoms with E-state index in [-0.39, 0.29) is 38.0 Å². The lowest BCUT2D eigenvalue weighted by atomic mass is 10.0. The molecule has 2 unspecified atom stereocenters. The molecule has 1 fully saturated rings. The third-order valence-corrected chi connectivity index (χ3v) is 8.67. The number of nitrogens with one attached hydrogen (secondary N) is 5. The molecule has 21 nitrogen and oxygen atoms in total. The fourth-order valence-electron chi connectivity index (χ4n) is 5.53. The number of carbonyl (C=O) groups excluding carboxylic acids is 8. The molecule has 54 heavy (non-hydrogen) atoms. The third kappa shape index (κ3) is 14.7. The molecule has 0 bridgehead atoms. The van der Waals surface area contributed by atoms with Crippen LogP contribution in [-0.2, 0) is 49.3 Å². The van der Waals surface area contributed by atoms with Gasteiger partial charge in [0.15, 0.2) is 0 Å². The number of nitrogens with two attached hydrogens (primary N) is 2. The van der Waals surface area contributed by atoms with Gasteiger partial charge in [0.25, 0.3) is 0 Å². The van der Waals surface area contributed by atoms with E-state index < -0.39 is 104 Å². The van der Waals surface area contributed by atoms with Gasteiger partial charge in [-0.3, -0.25) is 48.1 Å². The minimum Gasteiger partial charge on any atom is -0.404 e. The highest BCUT2D eigenvalue weighted by Crippen LogP contribution is 2.37. The zero-order valence-electron chi connectivity index (χ0n) is 30.3. The first-order chi connectivity index (χ1) is 25.1. The lowest BCUT2D eigenvalue weighted by molar-refractivity contribution is -0.140. The predicted molar refractivity (Wildman–Crippen MR) is 188 cm³/mol. The van der Waals surface area contributed by atoms with Gasteiger partial charge in [0.2, 0.25) is 47.3 Å². The van der Waals surface area contributed by atoms with Crippen LogP contribution in [0.2, 0.25) is 0 Å². The first-order valence-corrected chi connectivity index (χ1v) is 18.5. The topological polar surface area (TPSA) is 339 Å². The van der Waals surface area contributed by atoms with Crippen LogP contribution < -0.4 is 42.6 Å². The number of hydrogen-bond acceptors (Lipinski definition) is 11. The molecular formula is C32H49N8O13P. The zero-order valence-corrected chi connectivity index (χ0v) is 31.2. The summed E-state index contributed by atoms with van der Waals surface area (Å²) in [7, 11) is -4.79. The molecule has 1 aromatic carbocycles. The van der Waals surface area contributed by atoms with Crippen molar-refractivity contribution in [1.82, 2.24) is 31.5 Å². The van der Waals surface area contributed by atoms with Gasteiger partial charge in [0.05, 0.1) is 12.6 Å². The number of benzene rings is 1. The summed E-state index contributed by atoms with van der Waals surface area (Å²) in [5.41, 5.74) is 11.1. The number of aliphatic hydroxyl groups is 1. The molecule has 2 rings (SSSR count). The maximum atomic E-state index is 13.5. The lowest BCUT2D eigenvalue weighted by Gasteiger charge is -2.29. The molecule has 1 heterocycles. The van der Waals surface area contributed by atoms with Crippen molar-refractivity contribution in [3.05, 3.63) is 29.8 Å². The minimum absolute atomic E-state index is 0.0691. The molecule has 300 valence electrons. The fraction of sp³-hybridized carbons (Fsp3) is 0.562. The van der Waals surface area contributed by atoms with Crippen molar-refractivity contribution in [3.63, 3.8) is 0 Å². The van der Waals surface area contributed by atoms with E-state index in [0.717, 1.165) is 0 Å². The molecule has 0 aliphatic carbocycles. The highest BCUT2D eigenvalue weighted by Gasteiger charge is 2.38. The number of aliphatic hydroxyl groups excluding tert-OH is 1. The molecular weight excluding hydrogens is 735 g/mol. The van der Waals surface area contributed by atoms with Gasteiger partial charge in [-0.05, 0) is 49.8 Å². The van der Waals surface area contributed by atoms with Crippen LogP contribution in [0.3, 0.4) is 0 Å². The van der Waals surface area contributed by atoms with E-state index in [2.05, 4.69) is 31.1 Å². The second-order valence-electron chi connectivity index (χ2n) is 13.1. The van der Waals surface area contributed by atoms with Crippen LogP contribution in [0.1, 0.15) is 58.9 Å². The van der Waals surface area contributed by atoms with E-state index in [1.54, 1.807) is 13.8 Å². The number of carbonyl (C=O) groups is 8. The summed E-state index contributed by atoms with van der Waals surface area (Å²) in [4.78, 5) is 120. The molecule has 8 amide bonds.